The highest BCUT2D eigenvalue weighted by molar-refractivity contribution is 7.71. The van der Waals surface area contributed by atoms with Gasteiger partial charge in [0.05, 0.1) is 11.7 Å². The van der Waals surface area contributed by atoms with Gasteiger partial charge >= 0.3 is 0 Å². The molecule has 5 heteroatoms. The molecular formula is C18H20N2O2S. The van der Waals surface area contributed by atoms with Crippen molar-refractivity contribution in [3.8, 4) is 0 Å². The summed E-state index contributed by atoms with van der Waals surface area (Å²) >= 11 is 5.16. The molecule has 23 heavy (non-hydrogen) atoms. The molecule has 0 unspecified atom stereocenters. The van der Waals surface area contributed by atoms with Gasteiger partial charge in [0, 0.05) is 25.3 Å². The van der Waals surface area contributed by atoms with Crippen LogP contribution in [0.25, 0.3) is 0 Å². The minimum absolute atomic E-state index is 0.0376. The number of carbonyl (C=O) groups is 1. The van der Waals surface area contributed by atoms with E-state index in [9.17, 15) is 4.79 Å². The Balaban J connectivity index is 1.67. The lowest BCUT2D eigenvalue weighted by atomic mass is 9.89. The highest BCUT2D eigenvalue weighted by Crippen LogP contribution is 2.33. The summed E-state index contributed by atoms with van der Waals surface area (Å²) in [6, 6.07) is 13.7. The minimum Gasteiger partial charge on any atom is -0.373 e. The summed E-state index contributed by atoms with van der Waals surface area (Å²) in [4.78, 5) is 15.2. The number of hydrogen-bond acceptors (Lipinski definition) is 3. The predicted molar refractivity (Wildman–Crippen MR) is 91.8 cm³/mol. The second kappa shape index (κ2) is 7.53. The van der Waals surface area contributed by atoms with E-state index < -0.39 is 0 Å². The van der Waals surface area contributed by atoms with Crippen molar-refractivity contribution in [1.82, 2.24) is 10.3 Å². The molecule has 2 atom stereocenters. The van der Waals surface area contributed by atoms with Crippen molar-refractivity contribution in [1.29, 1.82) is 0 Å². The molecule has 0 radical (unpaired) electrons. The van der Waals surface area contributed by atoms with E-state index in [1.165, 1.54) is 5.56 Å². The van der Waals surface area contributed by atoms with Crippen LogP contribution in [0.2, 0.25) is 0 Å². The third-order valence-electron chi connectivity index (χ3n) is 4.16. The van der Waals surface area contributed by atoms with Gasteiger partial charge in [-0.1, -0.05) is 42.5 Å². The largest absolute Gasteiger partial charge is 0.373 e. The number of amides is 1. The van der Waals surface area contributed by atoms with Crippen LogP contribution in [-0.4, -0.2) is 24.0 Å². The second-order valence-electron chi connectivity index (χ2n) is 5.73. The number of benzene rings is 1. The van der Waals surface area contributed by atoms with Gasteiger partial charge in [0.1, 0.15) is 4.64 Å². The van der Waals surface area contributed by atoms with Gasteiger partial charge in [-0.25, -0.2) is 0 Å². The number of carbonyl (C=O) groups excluding carboxylic acids is 1. The highest BCUT2D eigenvalue weighted by Gasteiger charge is 2.27. The molecule has 120 valence electrons. The van der Waals surface area contributed by atoms with Gasteiger partial charge in [-0.3, -0.25) is 4.79 Å². The first kappa shape index (κ1) is 15.9. The van der Waals surface area contributed by atoms with Gasteiger partial charge in [-0.05, 0) is 30.5 Å². The molecule has 1 aromatic carbocycles. The Morgan fingerprint density at radius 1 is 1.26 bits per heavy atom. The van der Waals surface area contributed by atoms with E-state index in [2.05, 4.69) is 22.4 Å². The molecular weight excluding hydrogens is 308 g/mol. The average molecular weight is 328 g/mol. The molecule has 1 aromatic heterocycles. The zero-order chi connectivity index (χ0) is 16.1. The summed E-state index contributed by atoms with van der Waals surface area (Å²) < 4.78 is 6.42. The number of rotatable bonds is 4. The van der Waals surface area contributed by atoms with E-state index in [-0.39, 0.29) is 17.9 Å². The van der Waals surface area contributed by atoms with Crippen LogP contribution in [0.4, 0.5) is 0 Å². The van der Waals surface area contributed by atoms with Crippen LogP contribution in [0.15, 0.2) is 48.7 Å². The van der Waals surface area contributed by atoms with Crippen LogP contribution in [0.1, 0.15) is 34.9 Å². The van der Waals surface area contributed by atoms with Crippen molar-refractivity contribution >= 4 is 18.1 Å². The van der Waals surface area contributed by atoms with Crippen molar-refractivity contribution < 1.29 is 9.53 Å². The van der Waals surface area contributed by atoms with E-state index in [0.29, 0.717) is 16.7 Å². The van der Waals surface area contributed by atoms with Gasteiger partial charge in [0.2, 0.25) is 0 Å². The fraction of sp³-hybridized carbons (Fsp3) is 0.333. The first-order valence-corrected chi connectivity index (χ1v) is 8.29. The lowest BCUT2D eigenvalue weighted by molar-refractivity contribution is -0.0272. The lowest BCUT2D eigenvalue weighted by Crippen LogP contribution is -2.35. The Kier molecular flexibility index (Phi) is 5.20. The Bertz CT molecular complexity index is 714. The molecule has 0 spiro atoms. The standard InChI is InChI=1S/C18H20N2O2S/c21-17(15-9-4-10-19-18(15)23)20-12-14-8-5-11-22-16(14)13-6-2-1-3-7-13/h1-4,6-7,9-10,14,16H,5,8,11-12H2,(H,19,23)(H,20,21)/t14-,16-/m0/s1. The number of nitrogens with one attached hydrogen (secondary N) is 2. The van der Waals surface area contributed by atoms with Crippen molar-refractivity contribution in [3.05, 3.63) is 64.4 Å². The van der Waals surface area contributed by atoms with E-state index >= 15 is 0 Å². The molecule has 0 aliphatic carbocycles. The quantitative estimate of drug-likeness (QED) is 0.843. The summed E-state index contributed by atoms with van der Waals surface area (Å²) in [5, 5.41) is 3.00. The van der Waals surface area contributed by atoms with Crippen molar-refractivity contribution in [2.45, 2.75) is 18.9 Å². The molecule has 4 nitrogen and oxygen atoms in total. The zero-order valence-electron chi connectivity index (χ0n) is 12.8. The maximum Gasteiger partial charge on any atom is 0.254 e. The summed E-state index contributed by atoms with van der Waals surface area (Å²) in [5.41, 5.74) is 1.68. The second-order valence-corrected chi connectivity index (χ2v) is 6.14. The minimum atomic E-state index is -0.135. The Morgan fingerprint density at radius 2 is 2.09 bits per heavy atom. The number of ether oxygens (including phenoxy) is 1. The van der Waals surface area contributed by atoms with Gasteiger partial charge in [0.25, 0.3) is 5.91 Å². The lowest BCUT2D eigenvalue weighted by Gasteiger charge is -2.32. The Labute approximate surface area is 140 Å². The van der Waals surface area contributed by atoms with Gasteiger partial charge in [0.15, 0.2) is 0 Å². The fourth-order valence-corrected chi connectivity index (χ4v) is 3.21. The fourth-order valence-electron chi connectivity index (χ4n) is 2.98. The van der Waals surface area contributed by atoms with Gasteiger partial charge < -0.3 is 15.0 Å². The van der Waals surface area contributed by atoms with Gasteiger partial charge in [-0.15, -0.1) is 0 Å². The van der Waals surface area contributed by atoms with E-state index in [4.69, 9.17) is 17.0 Å². The molecule has 2 aromatic rings. The number of hydrogen-bond donors (Lipinski definition) is 2. The van der Waals surface area contributed by atoms with Crippen LogP contribution in [-0.2, 0) is 4.74 Å². The molecule has 0 saturated carbocycles. The molecule has 1 amide bonds. The van der Waals surface area contributed by atoms with E-state index in [1.54, 1.807) is 18.3 Å². The van der Waals surface area contributed by atoms with Crippen LogP contribution in [0.5, 0.6) is 0 Å². The van der Waals surface area contributed by atoms with Crippen molar-refractivity contribution in [3.63, 3.8) is 0 Å². The van der Waals surface area contributed by atoms with Crippen molar-refractivity contribution in [2.75, 3.05) is 13.2 Å². The molecule has 0 bridgehead atoms. The Morgan fingerprint density at radius 3 is 2.87 bits per heavy atom. The number of aromatic nitrogens is 1. The molecule has 1 saturated heterocycles. The van der Waals surface area contributed by atoms with E-state index in [1.807, 2.05) is 18.2 Å². The van der Waals surface area contributed by atoms with Crippen LogP contribution in [0, 0.1) is 10.6 Å². The summed E-state index contributed by atoms with van der Waals surface area (Å²) in [6.07, 6.45) is 3.83. The summed E-state index contributed by atoms with van der Waals surface area (Å²) in [7, 11) is 0. The smallest absolute Gasteiger partial charge is 0.254 e. The normalized spacial score (nSPS) is 20.9. The van der Waals surface area contributed by atoms with E-state index in [0.717, 1.165) is 19.4 Å². The van der Waals surface area contributed by atoms with Crippen LogP contribution >= 0.6 is 12.2 Å². The number of pyridine rings is 1. The average Bonchev–Trinajstić information content (AvgIpc) is 2.61. The molecule has 3 rings (SSSR count). The first-order chi connectivity index (χ1) is 11.3. The number of H-pyrrole nitrogens is 1. The molecule has 1 aliphatic heterocycles. The van der Waals surface area contributed by atoms with Crippen molar-refractivity contribution in [2.24, 2.45) is 5.92 Å². The third-order valence-corrected chi connectivity index (χ3v) is 4.50. The molecule has 2 N–H and O–H groups in total. The van der Waals surface area contributed by atoms with Crippen LogP contribution < -0.4 is 5.32 Å². The Hall–Kier alpha value is -1.98. The summed E-state index contributed by atoms with van der Waals surface area (Å²) in [6.45, 7) is 1.36. The van der Waals surface area contributed by atoms with Crippen LogP contribution in [0.3, 0.4) is 0 Å². The third kappa shape index (κ3) is 3.86. The highest BCUT2D eigenvalue weighted by atomic mass is 32.1. The monoisotopic (exact) mass is 328 g/mol. The topological polar surface area (TPSA) is 54.1 Å². The maximum absolute atomic E-state index is 12.3. The van der Waals surface area contributed by atoms with Gasteiger partial charge in [-0.2, -0.15) is 0 Å². The first-order valence-electron chi connectivity index (χ1n) is 7.88. The number of aromatic amines is 1. The summed E-state index contributed by atoms with van der Waals surface area (Å²) in [5.74, 6) is 0.139. The molecule has 1 fully saturated rings. The molecule has 1 aliphatic rings. The molecule has 2 heterocycles. The SMILES string of the molecule is O=C(NC[C@@H]1CCCO[C@H]1c1ccccc1)c1ccc[nH]c1=S. The zero-order valence-corrected chi connectivity index (χ0v) is 13.6. The predicted octanol–water partition coefficient (Wildman–Crippen LogP) is 3.64. The maximum atomic E-state index is 12.3.